The highest BCUT2D eigenvalue weighted by Gasteiger charge is 2.29. The molecular formula is C26H29F3N4O4. The molecule has 1 aliphatic heterocycles. The van der Waals surface area contributed by atoms with Crippen LogP contribution in [0.3, 0.4) is 0 Å². The molecule has 0 unspecified atom stereocenters. The van der Waals surface area contributed by atoms with Crippen LogP contribution in [0.4, 0.5) is 19.0 Å². The minimum Gasteiger partial charge on any atom is -0.493 e. The lowest BCUT2D eigenvalue weighted by Gasteiger charge is -2.32. The lowest BCUT2D eigenvalue weighted by Crippen LogP contribution is -2.46. The van der Waals surface area contributed by atoms with Gasteiger partial charge in [-0.3, -0.25) is 4.79 Å². The molecule has 0 bridgehead atoms. The van der Waals surface area contributed by atoms with Gasteiger partial charge in [-0.1, -0.05) is 18.2 Å². The number of aromatic nitrogens is 2. The Morgan fingerprint density at radius 1 is 1.27 bits per heavy atom. The van der Waals surface area contributed by atoms with E-state index < -0.39 is 17.3 Å². The summed E-state index contributed by atoms with van der Waals surface area (Å²) in [6.07, 6.45) is -0.308. The summed E-state index contributed by atoms with van der Waals surface area (Å²) < 4.78 is 59.5. The number of alkyl halides is 2. The Morgan fingerprint density at radius 3 is 2.76 bits per heavy atom. The molecule has 3 aromatic rings. The van der Waals surface area contributed by atoms with E-state index in [2.05, 4.69) is 15.3 Å². The maximum atomic E-state index is 14.8. The van der Waals surface area contributed by atoms with Gasteiger partial charge in [-0.05, 0) is 13.0 Å². The van der Waals surface area contributed by atoms with Gasteiger partial charge in [0.25, 0.3) is 5.92 Å². The summed E-state index contributed by atoms with van der Waals surface area (Å²) in [4.78, 5) is 22.3. The molecule has 1 aliphatic rings. The van der Waals surface area contributed by atoms with Crippen molar-refractivity contribution in [3.05, 3.63) is 53.1 Å². The third-order valence-corrected chi connectivity index (χ3v) is 6.10. The number of benzene rings is 2. The van der Waals surface area contributed by atoms with Crippen molar-refractivity contribution in [2.45, 2.75) is 39.3 Å². The second-order valence-electron chi connectivity index (χ2n) is 8.93. The van der Waals surface area contributed by atoms with E-state index in [0.29, 0.717) is 60.7 Å². The molecule has 1 fully saturated rings. The summed E-state index contributed by atoms with van der Waals surface area (Å²) in [5, 5.41) is 3.63. The van der Waals surface area contributed by atoms with Crippen molar-refractivity contribution in [1.82, 2.24) is 14.9 Å². The van der Waals surface area contributed by atoms with Gasteiger partial charge in [0.2, 0.25) is 5.91 Å². The SMILES string of the molecule is COc1cc2nc(C)nc(NCc3cccc(C(C)(F)F)c3F)c2cc1OC[C@@H]1CN(C(C)=O)CCO1. The highest BCUT2D eigenvalue weighted by molar-refractivity contribution is 5.91. The number of ether oxygens (including phenoxy) is 3. The van der Waals surface area contributed by atoms with Crippen molar-refractivity contribution in [3.8, 4) is 11.5 Å². The molecule has 8 nitrogen and oxygen atoms in total. The van der Waals surface area contributed by atoms with E-state index in [1.54, 1.807) is 24.0 Å². The lowest BCUT2D eigenvalue weighted by molar-refractivity contribution is -0.137. The van der Waals surface area contributed by atoms with Crippen LogP contribution < -0.4 is 14.8 Å². The molecular weight excluding hydrogens is 489 g/mol. The van der Waals surface area contributed by atoms with Crippen LogP contribution in [0.25, 0.3) is 10.9 Å². The summed E-state index contributed by atoms with van der Waals surface area (Å²) in [7, 11) is 1.51. The number of carbonyl (C=O) groups is 1. The number of hydrogen-bond acceptors (Lipinski definition) is 7. The molecule has 1 aromatic heterocycles. The van der Waals surface area contributed by atoms with E-state index in [1.165, 1.54) is 26.2 Å². The third kappa shape index (κ3) is 6.04. The summed E-state index contributed by atoms with van der Waals surface area (Å²) in [6, 6.07) is 7.32. The number of amides is 1. The minimum atomic E-state index is -3.30. The Hall–Kier alpha value is -3.60. The summed E-state index contributed by atoms with van der Waals surface area (Å²) in [6.45, 7) is 5.38. The first-order chi connectivity index (χ1) is 17.6. The van der Waals surface area contributed by atoms with Gasteiger partial charge < -0.3 is 24.4 Å². The number of morpholine rings is 1. The summed E-state index contributed by atoms with van der Waals surface area (Å²) in [5.41, 5.74) is -0.0210. The number of hydrogen-bond donors (Lipinski definition) is 1. The van der Waals surface area contributed by atoms with Gasteiger partial charge in [-0.25, -0.2) is 23.1 Å². The molecule has 198 valence electrons. The number of halogens is 3. The van der Waals surface area contributed by atoms with E-state index in [1.807, 2.05) is 0 Å². The van der Waals surface area contributed by atoms with Gasteiger partial charge in [0.05, 0.1) is 31.3 Å². The monoisotopic (exact) mass is 518 g/mol. The zero-order valence-electron chi connectivity index (χ0n) is 21.1. The van der Waals surface area contributed by atoms with Crippen LogP contribution in [0.5, 0.6) is 11.5 Å². The quantitative estimate of drug-likeness (QED) is 0.472. The van der Waals surface area contributed by atoms with Crippen molar-refractivity contribution in [1.29, 1.82) is 0 Å². The predicted octanol–water partition coefficient (Wildman–Crippen LogP) is 4.44. The van der Waals surface area contributed by atoms with Crippen LogP contribution in [-0.2, 0) is 22.0 Å². The number of methoxy groups -OCH3 is 1. The first-order valence-corrected chi connectivity index (χ1v) is 11.8. The lowest BCUT2D eigenvalue weighted by atomic mass is 10.0. The van der Waals surface area contributed by atoms with E-state index >= 15 is 0 Å². The van der Waals surface area contributed by atoms with Crippen LogP contribution >= 0.6 is 0 Å². The number of anilines is 1. The topological polar surface area (TPSA) is 85.8 Å². The molecule has 11 heteroatoms. The van der Waals surface area contributed by atoms with Crippen LogP contribution in [0.15, 0.2) is 30.3 Å². The Morgan fingerprint density at radius 2 is 2.05 bits per heavy atom. The standard InChI is InChI=1S/C26H29F3N4O4/c1-15-31-21-11-22(35-4)23(37-14-18-13-33(16(2)34)8-9-36-18)10-19(21)25(32-15)30-12-17-6-5-7-20(24(17)27)26(3,28)29/h5-7,10-11,18H,8-9,12-14H2,1-4H3,(H,30,31,32)/t18-/m0/s1. The molecule has 0 saturated carbocycles. The number of carbonyl (C=O) groups excluding carboxylic acids is 1. The number of rotatable bonds is 8. The largest absolute Gasteiger partial charge is 0.493 e. The van der Waals surface area contributed by atoms with E-state index in [-0.39, 0.29) is 30.7 Å². The van der Waals surface area contributed by atoms with Crippen molar-refractivity contribution < 1.29 is 32.2 Å². The Bertz CT molecular complexity index is 1300. The van der Waals surface area contributed by atoms with Crippen molar-refractivity contribution >= 4 is 22.6 Å². The zero-order valence-corrected chi connectivity index (χ0v) is 21.1. The zero-order chi connectivity index (χ0) is 26.7. The summed E-state index contributed by atoms with van der Waals surface area (Å²) in [5.74, 6) is -2.59. The van der Waals surface area contributed by atoms with Gasteiger partial charge >= 0.3 is 0 Å². The van der Waals surface area contributed by atoms with E-state index in [4.69, 9.17) is 14.2 Å². The van der Waals surface area contributed by atoms with Crippen molar-refractivity contribution in [3.63, 3.8) is 0 Å². The molecule has 4 rings (SSSR count). The van der Waals surface area contributed by atoms with Crippen molar-refractivity contribution in [2.24, 2.45) is 0 Å². The predicted molar refractivity (Wildman–Crippen MR) is 132 cm³/mol. The van der Waals surface area contributed by atoms with E-state index in [0.717, 1.165) is 6.07 Å². The third-order valence-electron chi connectivity index (χ3n) is 6.10. The highest BCUT2D eigenvalue weighted by Crippen LogP contribution is 2.35. The molecule has 0 radical (unpaired) electrons. The molecule has 2 heterocycles. The van der Waals surface area contributed by atoms with Crippen LogP contribution in [0.2, 0.25) is 0 Å². The smallest absolute Gasteiger partial charge is 0.273 e. The minimum absolute atomic E-state index is 0.0237. The van der Waals surface area contributed by atoms with Gasteiger partial charge in [0.15, 0.2) is 11.5 Å². The fourth-order valence-corrected chi connectivity index (χ4v) is 4.18. The van der Waals surface area contributed by atoms with E-state index in [9.17, 15) is 18.0 Å². The molecule has 1 atom stereocenters. The highest BCUT2D eigenvalue weighted by atomic mass is 19.3. The molecule has 1 N–H and O–H groups in total. The maximum absolute atomic E-state index is 14.8. The fourth-order valence-electron chi connectivity index (χ4n) is 4.18. The average Bonchev–Trinajstić information content (AvgIpc) is 2.85. The van der Waals surface area contributed by atoms with Crippen LogP contribution in [0, 0.1) is 12.7 Å². The van der Waals surface area contributed by atoms with Gasteiger partial charge in [-0.2, -0.15) is 0 Å². The molecule has 1 saturated heterocycles. The van der Waals surface area contributed by atoms with Crippen LogP contribution in [-0.4, -0.2) is 60.3 Å². The molecule has 0 aliphatic carbocycles. The fraction of sp³-hybridized carbons (Fsp3) is 0.423. The average molecular weight is 519 g/mol. The first-order valence-electron chi connectivity index (χ1n) is 11.8. The Balaban J connectivity index is 1.59. The van der Waals surface area contributed by atoms with Crippen LogP contribution in [0.1, 0.15) is 30.8 Å². The Kier molecular flexibility index (Phi) is 7.72. The number of aryl methyl sites for hydroxylation is 1. The number of nitrogens with one attached hydrogen (secondary N) is 1. The van der Waals surface area contributed by atoms with Gasteiger partial charge in [0, 0.05) is 44.0 Å². The van der Waals surface area contributed by atoms with Gasteiger partial charge in [-0.15, -0.1) is 0 Å². The van der Waals surface area contributed by atoms with Gasteiger partial charge in [0.1, 0.15) is 30.2 Å². The molecule has 0 spiro atoms. The number of nitrogens with zero attached hydrogens (tertiary/aromatic N) is 3. The van der Waals surface area contributed by atoms with Crippen molar-refractivity contribution in [2.75, 3.05) is 38.7 Å². The molecule has 37 heavy (non-hydrogen) atoms. The number of fused-ring (bicyclic) bond motifs is 1. The molecule has 1 amide bonds. The normalized spacial score (nSPS) is 16.1. The Labute approximate surface area is 212 Å². The first kappa shape index (κ1) is 26.5. The maximum Gasteiger partial charge on any atom is 0.273 e. The summed E-state index contributed by atoms with van der Waals surface area (Å²) >= 11 is 0. The second-order valence-corrected chi connectivity index (χ2v) is 8.93. The molecule has 2 aromatic carbocycles. The second kappa shape index (κ2) is 10.8.